The number of carbonyl (C=O) groups excluding carboxylic acids is 1. The molecule has 0 atom stereocenters. The van der Waals surface area contributed by atoms with E-state index in [0.717, 1.165) is 5.56 Å². The van der Waals surface area contributed by atoms with Crippen LogP contribution in [0.3, 0.4) is 0 Å². The van der Waals surface area contributed by atoms with Gasteiger partial charge in [-0.2, -0.15) is 0 Å². The number of benzene rings is 2. The third-order valence-electron chi connectivity index (χ3n) is 3.27. The number of carbonyl (C=O) groups is 1. The number of nitrogen functional groups attached to an aromatic ring is 1. The molecular weight excluding hydrogens is 347 g/mol. The topological polar surface area (TPSA) is 64.3 Å². The highest BCUT2D eigenvalue weighted by atomic mass is 35.5. The molecule has 0 aliphatic rings. The second-order valence-corrected chi connectivity index (χ2v) is 5.94. The Morgan fingerprint density at radius 1 is 1.21 bits per heavy atom. The van der Waals surface area contributed by atoms with Gasteiger partial charge >= 0.3 is 0 Å². The van der Waals surface area contributed by atoms with Crippen molar-refractivity contribution in [1.82, 2.24) is 0 Å². The Balaban J connectivity index is 0.00000288. The van der Waals surface area contributed by atoms with Gasteiger partial charge in [0.05, 0.1) is 16.8 Å². The molecule has 0 heterocycles. The van der Waals surface area contributed by atoms with Crippen LogP contribution in [0.1, 0.15) is 25.8 Å². The summed E-state index contributed by atoms with van der Waals surface area (Å²) in [5, 5.41) is 3.33. The molecular formula is C18H22Cl2N2O2. The number of ether oxygens (including phenoxy) is 1. The summed E-state index contributed by atoms with van der Waals surface area (Å²) < 4.78 is 5.69. The number of halogens is 2. The van der Waals surface area contributed by atoms with Crippen LogP contribution in [0.25, 0.3) is 0 Å². The lowest BCUT2D eigenvalue weighted by molar-refractivity contribution is -0.116. The molecule has 4 nitrogen and oxygen atoms in total. The van der Waals surface area contributed by atoms with Crippen LogP contribution in [-0.4, -0.2) is 12.0 Å². The van der Waals surface area contributed by atoms with E-state index in [1.165, 1.54) is 0 Å². The van der Waals surface area contributed by atoms with Crippen molar-refractivity contribution in [2.24, 2.45) is 0 Å². The van der Waals surface area contributed by atoms with E-state index in [9.17, 15) is 4.79 Å². The van der Waals surface area contributed by atoms with Gasteiger partial charge in [-0.05, 0) is 44.0 Å². The number of hydrogen-bond donors (Lipinski definition) is 2. The zero-order valence-electron chi connectivity index (χ0n) is 13.7. The SMILES string of the molecule is CC(C)Oc1c(Cl)cccc1NC(=O)CCc1ccccc1N.Cl. The van der Waals surface area contributed by atoms with Crippen LogP contribution in [-0.2, 0) is 11.2 Å². The fourth-order valence-corrected chi connectivity index (χ4v) is 2.40. The maximum absolute atomic E-state index is 12.2. The zero-order chi connectivity index (χ0) is 16.8. The van der Waals surface area contributed by atoms with Crippen molar-refractivity contribution < 1.29 is 9.53 Å². The van der Waals surface area contributed by atoms with Gasteiger partial charge in [0.2, 0.25) is 5.91 Å². The molecule has 130 valence electrons. The fraction of sp³-hybridized carbons (Fsp3) is 0.278. The molecule has 2 aromatic carbocycles. The summed E-state index contributed by atoms with van der Waals surface area (Å²) in [5.74, 6) is 0.390. The van der Waals surface area contributed by atoms with Crippen LogP contribution >= 0.6 is 24.0 Å². The first-order valence-electron chi connectivity index (χ1n) is 7.55. The van der Waals surface area contributed by atoms with Crippen molar-refractivity contribution in [1.29, 1.82) is 0 Å². The van der Waals surface area contributed by atoms with Gasteiger partial charge in [-0.3, -0.25) is 4.79 Å². The molecule has 0 unspecified atom stereocenters. The minimum absolute atomic E-state index is 0. The van der Waals surface area contributed by atoms with Gasteiger partial charge < -0.3 is 15.8 Å². The predicted octanol–water partition coefficient (Wildman–Crippen LogP) is 4.70. The maximum Gasteiger partial charge on any atom is 0.224 e. The van der Waals surface area contributed by atoms with Crippen LogP contribution < -0.4 is 15.8 Å². The van der Waals surface area contributed by atoms with Crippen molar-refractivity contribution >= 4 is 41.3 Å². The van der Waals surface area contributed by atoms with Gasteiger partial charge in [0.15, 0.2) is 5.75 Å². The first kappa shape index (κ1) is 20.1. The van der Waals surface area contributed by atoms with Gasteiger partial charge in [0.1, 0.15) is 0 Å². The monoisotopic (exact) mass is 368 g/mol. The van der Waals surface area contributed by atoms with Gasteiger partial charge in [-0.1, -0.05) is 35.9 Å². The number of amides is 1. The molecule has 0 bridgehead atoms. The summed E-state index contributed by atoms with van der Waals surface area (Å²) in [4.78, 5) is 12.2. The third kappa shape index (κ3) is 5.62. The van der Waals surface area contributed by atoms with E-state index in [1.54, 1.807) is 18.2 Å². The van der Waals surface area contributed by atoms with E-state index >= 15 is 0 Å². The molecule has 0 aromatic heterocycles. The van der Waals surface area contributed by atoms with Gasteiger partial charge in [-0.25, -0.2) is 0 Å². The van der Waals surface area contributed by atoms with E-state index in [1.807, 2.05) is 38.1 Å². The number of para-hydroxylation sites is 2. The second-order valence-electron chi connectivity index (χ2n) is 5.53. The van der Waals surface area contributed by atoms with Crippen LogP contribution in [0, 0.1) is 0 Å². The Hall–Kier alpha value is -1.91. The number of rotatable bonds is 6. The van der Waals surface area contributed by atoms with E-state index in [2.05, 4.69) is 5.32 Å². The highest BCUT2D eigenvalue weighted by Gasteiger charge is 2.13. The lowest BCUT2D eigenvalue weighted by Gasteiger charge is -2.16. The Labute approximate surface area is 153 Å². The Morgan fingerprint density at radius 3 is 2.58 bits per heavy atom. The molecule has 0 spiro atoms. The smallest absolute Gasteiger partial charge is 0.224 e. The molecule has 0 aliphatic heterocycles. The summed E-state index contributed by atoms with van der Waals surface area (Å²) >= 11 is 6.16. The van der Waals surface area contributed by atoms with Gasteiger partial charge in [0.25, 0.3) is 0 Å². The number of nitrogens with one attached hydrogen (secondary N) is 1. The highest BCUT2D eigenvalue weighted by molar-refractivity contribution is 6.32. The van der Waals surface area contributed by atoms with Crippen molar-refractivity contribution in [2.75, 3.05) is 11.1 Å². The minimum atomic E-state index is -0.107. The van der Waals surface area contributed by atoms with Crippen LogP contribution in [0.4, 0.5) is 11.4 Å². The average molecular weight is 369 g/mol. The molecule has 0 radical (unpaired) electrons. The number of anilines is 2. The van der Waals surface area contributed by atoms with E-state index in [0.29, 0.717) is 35.0 Å². The molecule has 2 rings (SSSR count). The van der Waals surface area contributed by atoms with Crippen molar-refractivity contribution in [3.63, 3.8) is 0 Å². The molecule has 0 fully saturated rings. The Kier molecular flexibility index (Phi) is 7.89. The number of nitrogens with two attached hydrogens (primary N) is 1. The lowest BCUT2D eigenvalue weighted by atomic mass is 10.1. The zero-order valence-corrected chi connectivity index (χ0v) is 15.3. The number of hydrogen-bond acceptors (Lipinski definition) is 3. The Morgan fingerprint density at radius 2 is 1.92 bits per heavy atom. The molecule has 0 saturated carbocycles. The standard InChI is InChI=1S/C18H21ClN2O2.ClH/c1-12(2)23-18-14(19)7-5-9-16(18)21-17(22)11-10-13-6-3-4-8-15(13)20;/h3-9,12H,10-11,20H2,1-2H3,(H,21,22);1H. The quantitative estimate of drug-likeness (QED) is 0.726. The minimum Gasteiger partial charge on any atom is -0.487 e. The van der Waals surface area contributed by atoms with Crippen LogP contribution in [0.2, 0.25) is 5.02 Å². The largest absolute Gasteiger partial charge is 0.487 e. The molecule has 24 heavy (non-hydrogen) atoms. The lowest BCUT2D eigenvalue weighted by Crippen LogP contribution is -2.15. The molecule has 2 aromatic rings. The average Bonchev–Trinajstić information content (AvgIpc) is 2.50. The third-order valence-corrected chi connectivity index (χ3v) is 3.57. The first-order valence-corrected chi connectivity index (χ1v) is 7.93. The molecule has 3 N–H and O–H groups in total. The van der Waals surface area contributed by atoms with E-state index in [-0.39, 0.29) is 24.4 Å². The first-order chi connectivity index (χ1) is 11.0. The molecule has 6 heteroatoms. The molecule has 1 amide bonds. The van der Waals surface area contributed by atoms with Crippen molar-refractivity contribution in [3.05, 3.63) is 53.1 Å². The van der Waals surface area contributed by atoms with Gasteiger partial charge in [-0.15, -0.1) is 12.4 Å². The highest BCUT2D eigenvalue weighted by Crippen LogP contribution is 2.33. The van der Waals surface area contributed by atoms with E-state index in [4.69, 9.17) is 22.1 Å². The molecule has 0 saturated heterocycles. The fourth-order valence-electron chi connectivity index (χ4n) is 2.19. The summed E-state index contributed by atoms with van der Waals surface area (Å²) in [6.45, 7) is 3.82. The van der Waals surface area contributed by atoms with Crippen LogP contribution in [0.5, 0.6) is 5.75 Å². The summed E-state index contributed by atoms with van der Waals surface area (Å²) in [6, 6.07) is 12.8. The van der Waals surface area contributed by atoms with Crippen molar-refractivity contribution in [3.8, 4) is 5.75 Å². The summed E-state index contributed by atoms with van der Waals surface area (Å²) in [5.41, 5.74) is 8.14. The maximum atomic E-state index is 12.2. The summed E-state index contributed by atoms with van der Waals surface area (Å²) in [7, 11) is 0. The normalized spacial score (nSPS) is 10.2. The predicted molar refractivity (Wildman–Crippen MR) is 102 cm³/mol. The number of aryl methyl sites for hydroxylation is 1. The van der Waals surface area contributed by atoms with Crippen LogP contribution in [0.15, 0.2) is 42.5 Å². The summed E-state index contributed by atoms with van der Waals surface area (Å²) in [6.07, 6.45) is 0.885. The van der Waals surface area contributed by atoms with E-state index < -0.39 is 0 Å². The molecule has 0 aliphatic carbocycles. The second kappa shape index (κ2) is 9.40. The Bertz CT molecular complexity index is 690. The van der Waals surface area contributed by atoms with Crippen molar-refractivity contribution in [2.45, 2.75) is 32.8 Å². The van der Waals surface area contributed by atoms with Gasteiger partial charge in [0, 0.05) is 12.1 Å².